The number of carbonyl (C=O) groups excluding carboxylic acids is 1. The lowest BCUT2D eigenvalue weighted by Crippen LogP contribution is -1.97. The van der Waals surface area contributed by atoms with E-state index in [1.807, 2.05) is 0 Å². The van der Waals surface area contributed by atoms with Crippen LogP contribution in [0.15, 0.2) is 10.7 Å². The molecule has 0 aliphatic carbocycles. The third-order valence-corrected chi connectivity index (χ3v) is 0.825. The highest BCUT2D eigenvalue weighted by molar-refractivity contribution is 5.65. The van der Waals surface area contributed by atoms with Crippen molar-refractivity contribution in [2.75, 3.05) is 0 Å². The van der Waals surface area contributed by atoms with Gasteiger partial charge in [-0.05, 0) is 0 Å². The molecule has 0 saturated carbocycles. The van der Waals surface area contributed by atoms with Gasteiger partial charge in [-0.25, -0.2) is 0 Å². The number of aromatic nitrogens is 2. The lowest BCUT2D eigenvalue weighted by molar-refractivity contribution is -0.142. The van der Waals surface area contributed by atoms with Crippen LogP contribution in [0.3, 0.4) is 0 Å². The number of esters is 1. The summed E-state index contributed by atoms with van der Waals surface area (Å²) in [5.74, 6) is 0.0894. The number of carbonyl (C=O) groups is 1. The summed E-state index contributed by atoms with van der Waals surface area (Å²) in [6.07, 6.45) is 1.39. The molecule has 1 heterocycles. The Bertz CT molecular complexity index is 207. The molecule has 1 rings (SSSR count). The van der Waals surface area contributed by atoms with Crippen molar-refractivity contribution in [1.29, 1.82) is 0 Å². The lowest BCUT2D eigenvalue weighted by atomic mass is 10.5. The molecule has 0 N–H and O–H groups in total. The Morgan fingerprint density at radius 1 is 1.90 bits per heavy atom. The van der Waals surface area contributed by atoms with Crippen LogP contribution in [0.5, 0.6) is 0 Å². The molecule has 0 amide bonds. The molecule has 0 aliphatic heterocycles. The van der Waals surface area contributed by atoms with Crippen molar-refractivity contribution in [2.45, 2.75) is 13.5 Å². The van der Waals surface area contributed by atoms with E-state index < -0.39 is 0 Å². The molecule has 0 atom stereocenters. The van der Waals surface area contributed by atoms with E-state index in [-0.39, 0.29) is 12.6 Å². The third-order valence-electron chi connectivity index (χ3n) is 0.825. The van der Waals surface area contributed by atoms with Crippen LogP contribution in [0.4, 0.5) is 0 Å². The molecule has 0 spiro atoms. The summed E-state index contributed by atoms with van der Waals surface area (Å²) in [5, 5.41) is 6.58. The highest BCUT2D eigenvalue weighted by Gasteiger charge is 1.99. The summed E-state index contributed by atoms with van der Waals surface area (Å²) < 4.78 is 9.12. The second-order valence-corrected chi connectivity index (χ2v) is 1.66. The molecule has 5 nitrogen and oxygen atoms in total. The quantitative estimate of drug-likeness (QED) is 0.549. The largest absolute Gasteiger partial charge is 0.458 e. The predicted molar refractivity (Wildman–Crippen MR) is 29.8 cm³/mol. The maximum Gasteiger partial charge on any atom is 0.303 e. The Kier molecular flexibility index (Phi) is 1.99. The van der Waals surface area contributed by atoms with Crippen molar-refractivity contribution >= 4 is 5.97 Å². The lowest BCUT2D eigenvalue weighted by Gasteiger charge is -1.93. The number of nitrogens with zero attached hydrogens (tertiary/aromatic N) is 2. The zero-order chi connectivity index (χ0) is 7.40. The molecule has 0 bridgehead atoms. The summed E-state index contributed by atoms with van der Waals surface area (Å²) in [4.78, 5) is 10.2. The smallest absolute Gasteiger partial charge is 0.303 e. The minimum absolute atomic E-state index is 0.0995. The van der Waals surface area contributed by atoms with Gasteiger partial charge in [-0.15, -0.1) is 5.10 Å². The molecule has 0 saturated heterocycles. The van der Waals surface area contributed by atoms with Gasteiger partial charge in [0, 0.05) is 12.2 Å². The maximum atomic E-state index is 10.2. The van der Waals surface area contributed by atoms with Crippen molar-refractivity contribution in [1.82, 2.24) is 10.4 Å². The Morgan fingerprint density at radius 3 is 3.20 bits per heavy atom. The molecule has 5 heteroatoms. The van der Waals surface area contributed by atoms with Crippen molar-refractivity contribution in [3.05, 3.63) is 12.0 Å². The van der Waals surface area contributed by atoms with Crippen LogP contribution in [0.1, 0.15) is 12.7 Å². The van der Waals surface area contributed by atoms with Gasteiger partial charge in [0.1, 0.15) is 0 Å². The van der Waals surface area contributed by atoms with Crippen molar-refractivity contribution < 1.29 is 14.1 Å². The molecule has 1 aromatic heterocycles. The zero-order valence-corrected chi connectivity index (χ0v) is 5.40. The zero-order valence-electron chi connectivity index (χ0n) is 5.40. The first-order valence-electron chi connectivity index (χ1n) is 2.68. The Labute approximate surface area is 57.0 Å². The molecule has 0 radical (unpaired) electrons. The van der Waals surface area contributed by atoms with E-state index in [0.29, 0.717) is 5.76 Å². The third kappa shape index (κ3) is 1.85. The van der Waals surface area contributed by atoms with Crippen LogP contribution in [-0.4, -0.2) is 16.3 Å². The van der Waals surface area contributed by atoms with Crippen molar-refractivity contribution in [3.8, 4) is 0 Å². The SMILES string of the molecule is CC(=O)OCc1cnno1. The molecule has 10 heavy (non-hydrogen) atoms. The van der Waals surface area contributed by atoms with Gasteiger partial charge >= 0.3 is 5.97 Å². The topological polar surface area (TPSA) is 65.2 Å². The summed E-state index contributed by atoms with van der Waals surface area (Å²) in [5.41, 5.74) is 0. The Hall–Kier alpha value is -1.39. The number of ether oxygens (including phenoxy) is 1. The first-order valence-corrected chi connectivity index (χ1v) is 2.68. The summed E-state index contributed by atoms with van der Waals surface area (Å²) >= 11 is 0. The highest BCUT2D eigenvalue weighted by atomic mass is 16.6. The van der Waals surface area contributed by atoms with Gasteiger partial charge < -0.3 is 9.26 Å². The average Bonchev–Trinajstić information content (AvgIpc) is 2.34. The Balaban J connectivity index is 2.35. The second-order valence-electron chi connectivity index (χ2n) is 1.66. The highest BCUT2D eigenvalue weighted by Crippen LogP contribution is 1.95. The number of hydrogen-bond acceptors (Lipinski definition) is 5. The van der Waals surface area contributed by atoms with Crippen molar-refractivity contribution in [2.24, 2.45) is 0 Å². The van der Waals surface area contributed by atoms with Gasteiger partial charge in [-0.1, -0.05) is 0 Å². The van der Waals surface area contributed by atoms with Crippen LogP contribution in [0, 0.1) is 0 Å². The number of rotatable bonds is 2. The molecule has 1 aromatic rings. The molecule has 0 unspecified atom stereocenters. The average molecular weight is 142 g/mol. The predicted octanol–water partition coefficient (Wildman–Crippen LogP) is 0.133. The fourth-order valence-corrected chi connectivity index (χ4v) is 0.424. The first kappa shape index (κ1) is 6.73. The fraction of sp³-hybridized carbons (Fsp3) is 0.400. The van der Waals surface area contributed by atoms with E-state index >= 15 is 0 Å². The fourth-order valence-electron chi connectivity index (χ4n) is 0.424. The van der Waals surface area contributed by atoms with E-state index in [9.17, 15) is 4.79 Å². The molecule has 0 aromatic carbocycles. The minimum atomic E-state index is -0.351. The molecule has 0 aliphatic rings. The van der Waals surface area contributed by atoms with Gasteiger partial charge in [-0.3, -0.25) is 4.79 Å². The Morgan fingerprint density at radius 2 is 2.70 bits per heavy atom. The van der Waals surface area contributed by atoms with E-state index in [4.69, 9.17) is 0 Å². The second kappa shape index (κ2) is 2.95. The van der Waals surface area contributed by atoms with Crippen LogP contribution in [0.2, 0.25) is 0 Å². The van der Waals surface area contributed by atoms with Crippen molar-refractivity contribution in [3.63, 3.8) is 0 Å². The van der Waals surface area contributed by atoms with Gasteiger partial charge in [0.05, 0.1) is 6.20 Å². The van der Waals surface area contributed by atoms with E-state index in [1.165, 1.54) is 13.1 Å². The summed E-state index contributed by atoms with van der Waals surface area (Å²) in [6.45, 7) is 1.42. The van der Waals surface area contributed by atoms with Crippen LogP contribution in [-0.2, 0) is 16.1 Å². The summed E-state index contributed by atoms with van der Waals surface area (Å²) in [7, 11) is 0. The van der Waals surface area contributed by atoms with Gasteiger partial charge in [0.25, 0.3) is 0 Å². The first-order chi connectivity index (χ1) is 4.79. The van der Waals surface area contributed by atoms with Crippen LogP contribution in [0.25, 0.3) is 0 Å². The molecule has 54 valence electrons. The standard InChI is InChI=1S/C5H6N2O3/c1-4(8)9-3-5-2-6-7-10-5/h2H,3H2,1H3. The van der Waals surface area contributed by atoms with E-state index in [0.717, 1.165) is 0 Å². The number of hydrogen-bond donors (Lipinski definition) is 0. The minimum Gasteiger partial charge on any atom is -0.458 e. The van der Waals surface area contributed by atoms with E-state index in [2.05, 4.69) is 19.6 Å². The normalized spacial score (nSPS) is 9.30. The maximum absolute atomic E-state index is 10.2. The molecular weight excluding hydrogens is 136 g/mol. The summed E-state index contributed by atoms with van der Waals surface area (Å²) in [6, 6.07) is 0. The van der Waals surface area contributed by atoms with Gasteiger partial charge in [-0.2, -0.15) is 0 Å². The molecule has 0 fully saturated rings. The van der Waals surface area contributed by atoms with Gasteiger partial charge in [0.2, 0.25) is 0 Å². The van der Waals surface area contributed by atoms with E-state index in [1.54, 1.807) is 0 Å². The van der Waals surface area contributed by atoms with Crippen LogP contribution >= 0.6 is 0 Å². The van der Waals surface area contributed by atoms with Crippen LogP contribution < -0.4 is 0 Å². The molecular formula is C5H6N2O3. The monoisotopic (exact) mass is 142 g/mol. The van der Waals surface area contributed by atoms with Gasteiger partial charge in [0.15, 0.2) is 12.4 Å².